The van der Waals surface area contributed by atoms with E-state index in [1.54, 1.807) is 0 Å². The van der Waals surface area contributed by atoms with Crippen molar-refractivity contribution in [1.82, 2.24) is 4.90 Å². The van der Waals surface area contributed by atoms with Gasteiger partial charge in [0.2, 0.25) is 0 Å². The molecule has 1 saturated heterocycles. The molecule has 0 amide bonds. The van der Waals surface area contributed by atoms with Gasteiger partial charge in [0.1, 0.15) is 5.92 Å². The van der Waals surface area contributed by atoms with Crippen LogP contribution in [-0.4, -0.2) is 24.5 Å². The van der Waals surface area contributed by atoms with Crippen molar-refractivity contribution in [2.24, 2.45) is 5.92 Å². The molecule has 3 heteroatoms. The molecule has 0 aliphatic carbocycles. The minimum absolute atomic E-state index is 0.415. The van der Waals surface area contributed by atoms with Crippen molar-refractivity contribution < 1.29 is 0 Å². The van der Waals surface area contributed by atoms with E-state index in [-0.39, 0.29) is 0 Å². The maximum atomic E-state index is 8.56. The lowest BCUT2D eigenvalue weighted by Gasteiger charge is -2.26. The van der Waals surface area contributed by atoms with Crippen LogP contribution in [0.4, 0.5) is 0 Å². The molecule has 70 valence electrons. The molecule has 0 aromatic rings. The van der Waals surface area contributed by atoms with E-state index >= 15 is 0 Å². The van der Waals surface area contributed by atoms with Gasteiger partial charge in [-0.3, -0.25) is 0 Å². The highest BCUT2D eigenvalue weighted by molar-refractivity contribution is 4.98. The Morgan fingerprint density at radius 2 is 1.69 bits per heavy atom. The van der Waals surface area contributed by atoms with E-state index in [4.69, 9.17) is 10.5 Å². The van der Waals surface area contributed by atoms with Gasteiger partial charge >= 0.3 is 0 Å². The molecule has 0 unspecified atom stereocenters. The highest BCUT2D eigenvalue weighted by Crippen LogP contribution is 2.10. The molecule has 0 spiro atoms. The van der Waals surface area contributed by atoms with E-state index in [1.807, 2.05) is 12.1 Å². The van der Waals surface area contributed by atoms with E-state index in [1.165, 1.54) is 19.3 Å². The summed E-state index contributed by atoms with van der Waals surface area (Å²) in [7, 11) is 0. The standard InChI is InChI=1S/C10H15N3/c11-8-10(9-12)4-7-13-5-2-1-3-6-13/h10H,1-7H2. The average Bonchev–Trinajstić information content (AvgIpc) is 2.21. The van der Waals surface area contributed by atoms with Crippen LogP contribution in [0.25, 0.3) is 0 Å². The molecule has 3 nitrogen and oxygen atoms in total. The monoisotopic (exact) mass is 177 g/mol. The van der Waals surface area contributed by atoms with Crippen LogP contribution in [0.1, 0.15) is 25.7 Å². The van der Waals surface area contributed by atoms with Crippen molar-refractivity contribution in [1.29, 1.82) is 10.5 Å². The third-order valence-corrected chi connectivity index (χ3v) is 2.49. The molecule has 1 fully saturated rings. The predicted octanol–water partition coefficient (Wildman–Crippen LogP) is 1.53. The van der Waals surface area contributed by atoms with Gasteiger partial charge in [-0.15, -0.1) is 0 Å². The first-order chi connectivity index (χ1) is 6.36. The molecule has 0 N–H and O–H groups in total. The fourth-order valence-corrected chi connectivity index (χ4v) is 1.65. The maximum absolute atomic E-state index is 8.56. The molecular formula is C10H15N3. The van der Waals surface area contributed by atoms with Crippen LogP contribution in [0.5, 0.6) is 0 Å². The number of likely N-dealkylation sites (tertiary alicyclic amines) is 1. The van der Waals surface area contributed by atoms with Gasteiger partial charge in [-0.05, 0) is 32.4 Å². The SMILES string of the molecule is N#CC(C#N)CCN1CCCCC1. The lowest BCUT2D eigenvalue weighted by atomic mass is 10.1. The van der Waals surface area contributed by atoms with Gasteiger partial charge in [0, 0.05) is 6.54 Å². The first-order valence-corrected chi connectivity index (χ1v) is 4.88. The molecule has 1 heterocycles. The van der Waals surface area contributed by atoms with Crippen LogP contribution in [0.2, 0.25) is 0 Å². The molecule has 0 aromatic carbocycles. The summed E-state index contributed by atoms with van der Waals surface area (Å²) >= 11 is 0. The molecule has 13 heavy (non-hydrogen) atoms. The molecule has 0 bridgehead atoms. The number of hydrogen-bond donors (Lipinski definition) is 0. The van der Waals surface area contributed by atoms with Gasteiger partial charge in [0.15, 0.2) is 0 Å². The van der Waals surface area contributed by atoms with Gasteiger partial charge in [0.05, 0.1) is 12.1 Å². The molecule has 1 aliphatic rings. The Kier molecular flexibility index (Phi) is 4.29. The van der Waals surface area contributed by atoms with Crippen LogP contribution in [0, 0.1) is 28.6 Å². The predicted molar refractivity (Wildman–Crippen MR) is 49.6 cm³/mol. The molecule has 0 aromatic heterocycles. The second-order valence-electron chi connectivity index (χ2n) is 3.50. The van der Waals surface area contributed by atoms with E-state index in [0.717, 1.165) is 19.6 Å². The summed E-state index contributed by atoms with van der Waals surface area (Å²) in [4.78, 5) is 2.35. The number of piperidine rings is 1. The van der Waals surface area contributed by atoms with Gasteiger partial charge in [-0.1, -0.05) is 6.42 Å². The van der Waals surface area contributed by atoms with Crippen LogP contribution < -0.4 is 0 Å². The highest BCUT2D eigenvalue weighted by atomic mass is 15.1. The molecular weight excluding hydrogens is 162 g/mol. The van der Waals surface area contributed by atoms with E-state index in [9.17, 15) is 0 Å². The van der Waals surface area contributed by atoms with Crippen molar-refractivity contribution in [2.75, 3.05) is 19.6 Å². The summed E-state index contributed by atoms with van der Waals surface area (Å²) < 4.78 is 0. The number of rotatable bonds is 3. The molecule has 0 radical (unpaired) electrons. The Hall–Kier alpha value is -1.06. The Labute approximate surface area is 79.6 Å². The zero-order valence-corrected chi connectivity index (χ0v) is 7.87. The van der Waals surface area contributed by atoms with Crippen molar-refractivity contribution in [3.05, 3.63) is 0 Å². The van der Waals surface area contributed by atoms with Crippen LogP contribution in [-0.2, 0) is 0 Å². The van der Waals surface area contributed by atoms with Crippen molar-refractivity contribution in [2.45, 2.75) is 25.7 Å². The fraction of sp³-hybridized carbons (Fsp3) is 0.800. The average molecular weight is 177 g/mol. The molecule has 0 atom stereocenters. The van der Waals surface area contributed by atoms with Crippen LogP contribution >= 0.6 is 0 Å². The number of nitriles is 2. The zero-order chi connectivity index (χ0) is 9.52. The number of hydrogen-bond acceptors (Lipinski definition) is 3. The minimum Gasteiger partial charge on any atom is -0.303 e. The van der Waals surface area contributed by atoms with E-state index in [2.05, 4.69) is 4.90 Å². The maximum Gasteiger partial charge on any atom is 0.134 e. The highest BCUT2D eigenvalue weighted by Gasteiger charge is 2.12. The minimum atomic E-state index is -0.415. The molecule has 1 aliphatic heterocycles. The van der Waals surface area contributed by atoms with Crippen molar-refractivity contribution >= 4 is 0 Å². The van der Waals surface area contributed by atoms with Gasteiger partial charge in [-0.25, -0.2) is 0 Å². The number of nitrogens with zero attached hydrogens (tertiary/aromatic N) is 3. The van der Waals surface area contributed by atoms with Crippen molar-refractivity contribution in [3.63, 3.8) is 0 Å². The van der Waals surface area contributed by atoms with Crippen LogP contribution in [0.3, 0.4) is 0 Å². The normalized spacial score (nSPS) is 18.1. The first-order valence-electron chi connectivity index (χ1n) is 4.88. The summed E-state index contributed by atoms with van der Waals surface area (Å²) in [5.74, 6) is -0.415. The quantitative estimate of drug-likeness (QED) is 0.656. The molecule has 0 saturated carbocycles. The Balaban J connectivity index is 2.18. The Morgan fingerprint density at radius 3 is 2.23 bits per heavy atom. The summed E-state index contributed by atoms with van der Waals surface area (Å²) in [6.07, 6.45) is 4.57. The first kappa shape index (κ1) is 10.0. The Morgan fingerprint density at radius 1 is 1.08 bits per heavy atom. The smallest absolute Gasteiger partial charge is 0.134 e. The van der Waals surface area contributed by atoms with E-state index in [0.29, 0.717) is 6.42 Å². The largest absolute Gasteiger partial charge is 0.303 e. The summed E-state index contributed by atoms with van der Waals surface area (Å²) in [5, 5.41) is 17.1. The Bertz CT molecular complexity index is 203. The van der Waals surface area contributed by atoms with Crippen LogP contribution in [0.15, 0.2) is 0 Å². The van der Waals surface area contributed by atoms with Gasteiger partial charge in [-0.2, -0.15) is 10.5 Å². The zero-order valence-electron chi connectivity index (χ0n) is 7.87. The second kappa shape index (κ2) is 5.56. The topological polar surface area (TPSA) is 50.8 Å². The summed E-state index contributed by atoms with van der Waals surface area (Å²) in [5.41, 5.74) is 0. The fourth-order valence-electron chi connectivity index (χ4n) is 1.65. The summed E-state index contributed by atoms with van der Waals surface area (Å²) in [6.45, 7) is 3.19. The lowest BCUT2D eigenvalue weighted by molar-refractivity contribution is 0.223. The van der Waals surface area contributed by atoms with E-state index < -0.39 is 5.92 Å². The van der Waals surface area contributed by atoms with Crippen molar-refractivity contribution in [3.8, 4) is 12.1 Å². The van der Waals surface area contributed by atoms with Gasteiger partial charge in [0.25, 0.3) is 0 Å². The van der Waals surface area contributed by atoms with Gasteiger partial charge < -0.3 is 4.90 Å². The third-order valence-electron chi connectivity index (χ3n) is 2.49. The molecule has 1 rings (SSSR count). The second-order valence-corrected chi connectivity index (χ2v) is 3.50. The third kappa shape index (κ3) is 3.44. The summed E-state index contributed by atoms with van der Waals surface area (Å²) in [6, 6.07) is 4.01. The lowest BCUT2D eigenvalue weighted by Crippen LogP contribution is -2.31.